The van der Waals surface area contributed by atoms with E-state index in [-0.39, 0.29) is 11.5 Å². The van der Waals surface area contributed by atoms with E-state index in [1.807, 2.05) is 18.2 Å². The lowest BCUT2D eigenvalue weighted by atomic mass is 9.86. The molecule has 0 unspecified atom stereocenters. The Morgan fingerprint density at radius 3 is 2.38 bits per heavy atom. The predicted octanol–water partition coefficient (Wildman–Crippen LogP) is 5.21. The topological polar surface area (TPSA) is 106 Å². The second-order valence-electron chi connectivity index (χ2n) is 9.25. The van der Waals surface area contributed by atoms with Crippen molar-refractivity contribution in [2.24, 2.45) is 5.14 Å². The van der Waals surface area contributed by atoms with Gasteiger partial charge in [0.1, 0.15) is 23.9 Å². The molecule has 1 aliphatic heterocycles. The average Bonchev–Trinajstić information content (AvgIpc) is 3.36. The highest BCUT2D eigenvalue weighted by Gasteiger charge is 2.35. The number of hydrogen-bond acceptors (Lipinski definition) is 6. The van der Waals surface area contributed by atoms with Crippen LogP contribution in [0.25, 0.3) is 16.9 Å². The van der Waals surface area contributed by atoms with Gasteiger partial charge < -0.3 is 14.2 Å². The Hall–Kier alpha value is -3.28. The van der Waals surface area contributed by atoms with Gasteiger partial charge in [-0.15, -0.1) is 0 Å². The second-order valence-corrected chi connectivity index (χ2v) is 11.3. The van der Waals surface area contributed by atoms with Gasteiger partial charge in [-0.3, -0.25) is 0 Å². The van der Waals surface area contributed by atoms with Crippen molar-refractivity contribution in [3.63, 3.8) is 0 Å². The SMILES string of the molecule is COC1(c2cc(F)cc(OCc3cc(-c4ccc(Cl)cc4)n(-c4ccc(S(N)(=O)=O)cc4)n3)c2)CCOCC1. The molecule has 0 amide bonds. The summed E-state index contributed by atoms with van der Waals surface area (Å²) in [5, 5.41) is 10.5. The quantitative estimate of drug-likeness (QED) is 0.311. The van der Waals surface area contributed by atoms with E-state index in [0.717, 1.165) is 11.3 Å². The fourth-order valence-electron chi connectivity index (χ4n) is 4.68. The van der Waals surface area contributed by atoms with Crippen LogP contribution in [0.15, 0.2) is 77.7 Å². The van der Waals surface area contributed by atoms with E-state index in [9.17, 15) is 12.8 Å². The van der Waals surface area contributed by atoms with Gasteiger partial charge in [0.25, 0.3) is 0 Å². The van der Waals surface area contributed by atoms with E-state index in [4.69, 9.17) is 36.0 Å². The number of primary sulfonamides is 1. The molecular formula is C28H27ClFN3O5S. The molecule has 4 aromatic rings. The summed E-state index contributed by atoms with van der Waals surface area (Å²) < 4.78 is 57.0. The van der Waals surface area contributed by atoms with Gasteiger partial charge in [0.15, 0.2) is 0 Å². The normalized spacial score (nSPS) is 15.3. The van der Waals surface area contributed by atoms with Crippen LogP contribution in [0.4, 0.5) is 4.39 Å². The van der Waals surface area contributed by atoms with Crippen LogP contribution in [0.2, 0.25) is 5.02 Å². The molecule has 0 bridgehead atoms. The first-order valence-corrected chi connectivity index (χ1v) is 14.1. The zero-order chi connectivity index (χ0) is 27.6. The molecule has 8 nitrogen and oxygen atoms in total. The molecule has 0 aliphatic carbocycles. The molecule has 1 aromatic heterocycles. The molecular weight excluding hydrogens is 545 g/mol. The summed E-state index contributed by atoms with van der Waals surface area (Å²) in [6.45, 7) is 1.13. The lowest BCUT2D eigenvalue weighted by Crippen LogP contribution is -2.35. The number of nitrogens with zero attached hydrogens (tertiary/aromatic N) is 2. The van der Waals surface area contributed by atoms with Crippen molar-refractivity contribution < 1.29 is 27.0 Å². The molecule has 2 heterocycles. The smallest absolute Gasteiger partial charge is 0.238 e. The Labute approximate surface area is 231 Å². The van der Waals surface area contributed by atoms with Crippen LogP contribution in [0.1, 0.15) is 24.1 Å². The summed E-state index contributed by atoms with van der Waals surface area (Å²) in [6.07, 6.45) is 1.23. The van der Waals surface area contributed by atoms with E-state index < -0.39 is 21.4 Å². The van der Waals surface area contributed by atoms with E-state index in [0.29, 0.717) is 53.8 Å². The number of sulfonamides is 1. The van der Waals surface area contributed by atoms with Crippen molar-refractivity contribution in [2.45, 2.75) is 29.9 Å². The number of halogens is 2. The molecule has 1 fully saturated rings. The van der Waals surface area contributed by atoms with Gasteiger partial charge in [-0.1, -0.05) is 23.7 Å². The van der Waals surface area contributed by atoms with E-state index in [1.54, 1.807) is 42.1 Å². The summed E-state index contributed by atoms with van der Waals surface area (Å²) in [4.78, 5) is -0.00438. The number of ether oxygens (including phenoxy) is 3. The largest absolute Gasteiger partial charge is 0.487 e. The lowest BCUT2D eigenvalue weighted by molar-refractivity contribution is -0.0950. The van der Waals surface area contributed by atoms with E-state index in [1.165, 1.54) is 24.3 Å². The van der Waals surface area contributed by atoms with Crippen LogP contribution in [-0.2, 0) is 31.7 Å². The number of benzene rings is 3. The minimum atomic E-state index is -3.84. The van der Waals surface area contributed by atoms with Crippen molar-refractivity contribution in [2.75, 3.05) is 20.3 Å². The molecule has 0 saturated carbocycles. The highest BCUT2D eigenvalue weighted by Crippen LogP contribution is 2.37. The molecule has 11 heteroatoms. The first-order valence-electron chi connectivity index (χ1n) is 12.2. The fourth-order valence-corrected chi connectivity index (χ4v) is 5.32. The summed E-state index contributed by atoms with van der Waals surface area (Å²) in [5.74, 6) is -0.0687. The van der Waals surface area contributed by atoms with Gasteiger partial charge in [0, 0.05) is 49.8 Å². The fraction of sp³-hybridized carbons (Fsp3) is 0.250. The maximum Gasteiger partial charge on any atom is 0.238 e. The van der Waals surface area contributed by atoms with Gasteiger partial charge in [0.05, 0.1) is 21.9 Å². The predicted molar refractivity (Wildman–Crippen MR) is 145 cm³/mol. The van der Waals surface area contributed by atoms with Gasteiger partial charge in [-0.05, 0) is 60.2 Å². The highest BCUT2D eigenvalue weighted by atomic mass is 35.5. The van der Waals surface area contributed by atoms with Crippen LogP contribution in [0.5, 0.6) is 5.75 Å². The molecule has 0 atom stereocenters. The molecule has 39 heavy (non-hydrogen) atoms. The standard InChI is InChI=1S/C28H27ClFN3O5S/c1-36-28(10-12-37-13-11-28)20-14-22(30)16-25(15-20)38-18-23-17-27(19-2-4-21(29)5-3-19)33(32-23)24-6-8-26(9-7-24)39(31,34)35/h2-9,14-17H,10-13,18H2,1H3,(H2,31,34,35). The zero-order valence-electron chi connectivity index (χ0n) is 21.1. The number of methoxy groups -OCH3 is 1. The maximum atomic E-state index is 14.6. The van der Waals surface area contributed by atoms with Crippen molar-refractivity contribution in [3.8, 4) is 22.7 Å². The van der Waals surface area contributed by atoms with Crippen LogP contribution >= 0.6 is 11.6 Å². The minimum Gasteiger partial charge on any atom is -0.487 e. The minimum absolute atomic E-state index is 0.00438. The number of aromatic nitrogens is 2. The number of hydrogen-bond donors (Lipinski definition) is 1. The number of nitrogens with two attached hydrogens (primary N) is 1. The second kappa shape index (κ2) is 11.1. The molecule has 2 N–H and O–H groups in total. The molecule has 3 aromatic carbocycles. The zero-order valence-corrected chi connectivity index (χ0v) is 22.7. The van der Waals surface area contributed by atoms with Crippen LogP contribution in [-0.4, -0.2) is 38.5 Å². The molecule has 1 saturated heterocycles. The molecule has 5 rings (SSSR count). The lowest BCUT2D eigenvalue weighted by Gasteiger charge is -2.36. The summed E-state index contributed by atoms with van der Waals surface area (Å²) in [7, 11) is -2.21. The summed E-state index contributed by atoms with van der Waals surface area (Å²) in [5.41, 5.74) is 2.83. The Kier molecular flexibility index (Phi) is 7.75. The average molecular weight is 572 g/mol. The van der Waals surface area contributed by atoms with Gasteiger partial charge in [-0.25, -0.2) is 22.6 Å². The Morgan fingerprint density at radius 1 is 1.05 bits per heavy atom. The Balaban J connectivity index is 1.46. The van der Waals surface area contributed by atoms with Gasteiger partial charge >= 0.3 is 0 Å². The Morgan fingerprint density at radius 2 is 1.74 bits per heavy atom. The first kappa shape index (κ1) is 27.3. The van der Waals surface area contributed by atoms with E-state index >= 15 is 0 Å². The molecule has 0 spiro atoms. The molecule has 1 aliphatic rings. The van der Waals surface area contributed by atoms with Gasteiger partial charge in [-0.2, -0.15) is 5.10 Å². The third-order valence-corrected chi connectivity index (χ3v) is 7.97. The number of rotatable bonds is 8. The monoisotopic (exact) mass is 571 g/mol. The highest BCUT2D eigenvalue weighted by molar-refractivity contribution is 7.89. The molecule has 0 radical (unpaired) electrons. The Bertz CT molecular complexity index is 1570. The first-order chi connectivity index (χ1) is 18.7. The van der Waals surface area contributed by atoms with Crippen molar-refractivity contribution in [1.82, 2.24) is 9.78 Å². The third kappa shape index (κ3) is 6.00. The maximum absolute atomic E-state index is 14.6. The van der Waals surface area contributed by atoms with Gasteiger partial charge in [0.2, 0.25) is 10.0 Å². The summed E-state index contributed by atoms with van der Waals surface area (Å²) in [6, 6.07) is 19.8. The molecule has 204 valence electrons. The van der Waals surface area contributed by atoms with Crippen molar-refractivity contribution >= 4 is 21.6 Å². The van der Waals surface area contributed by atoms with Crippen LogP contribution in [0, 0.1) is 5.82 Å². The third-order valence-electron chi connectivity index (χ3n) is 6.79. The van der Waals surface area contributed by atoms with Crippen LogP contribution < -0.4 is 9.88 Å². The summed E-state index contributed by atoms with van der Waals surface area (Å²) >= 11 is 6.08. The van der Waals surface area contributed by atoms with Crippen molar-refractivity contribution in [1.29, 1.82) is 0 Å². The van der Waals surface area contributed by atoms with E-state index in [2.05, 4.69) is 0 Å². The van der Waals surface area contributed by atoms with Crippen molar-refractivity contribution in [3.05, 3.63) is 94.9 Å². The van der Waals surface area contributed by atoms with Crippen LogP contribution in [0.3, 0.4) is 0 Å².